The van der Waals surface area contributed by atoms with E-state index in [0.717, 1.165) is 37.4 Å². The summed E-state index contributed by atoms with van der Waals surface area (Å²) in [6.07, 6.45) is 3.47. The summed E-state index contributed by atoms with van der Waals surface area (Å²) in [7, 11) is 0. The van der Waals surface area contributed by atoms with Crippen LogP contribution in [0.15, 0.2) is 36.4 Å². The number of amides is 1. The van der Waals surface area contributed by atoms with Crippen LogP contribution in [-0.4, -0.2) is 40.2 Å². The molecule has 0 bridgehead atoms. The lowest BCUT2D eigenvalue weighted by Crippen LogP contribution is -2.36. The van der Waals surface area contributed by atoms with Gasteiger partial charge in [0.25, 0.3) is 5.91 Å². The molecule has 1 saturated heterocycles. The van der Waals surface area contributed by atoms with Gasteiger partial charge in [0, 0.05) is 18.8 Å². The van der Waals surface area contributed by atoms with Gasteiger partial charge in [-0.3, -0.25) is 4.79 Å². The van der Waals surface area contributed by atoms with Gasteiger partial charge in [-0.15, -0.1) is 10.2 Å². The molecule has 1 aliphatic heterocycles. The van der Waals surface area contributed by atoms with E-state index < -0.39 is 0 Å². The van der Waals surface area contributed by atoms with E-state index in [1.165, 1.54) is 6.42 Å². The smallest absolute Gasteiger partial charge is 0.274 e. The number of carbonyl (C=O) groups excluding carboxylic acids is 1. The summed E-state index contributed by atoms with van der Waals surface area (Å²) in [5.74, 6) is 1.40. The normalized spacial score (nSPS) is 14.4. The molecule has 1 fully saturated rings. The molecule has 6 nitrogen and oxygen atoms in total. The molecule has 1 amide bonds. The Morgan fingerprint density at radius 1 is 1.04 bits per heavy atom. The minimum Gasteiger partial charge on any atom is -0.491 e. The van der Waals surface area contributed by atoms with Crippen molar-refractivity contribution >= 4 is 17.4 Å². The summed E-state index contributed by atoms with van der Waals surface area (Å²) in [6, 6.07) is 11.2. The Balaban J connectivity index is 1.61. The molecule has 1 aromatic heterocycles. The minimum absolute atomic E-state index is 0.0334. The van der Waals surface area contributed by atoms with E-state index in [0.29, 0.717) is 11.5 Å². The molecule has 1 aliphatic rings. The van der Waals surface area contributed by atoms with Gasteiger partial charge in [-0.1, -0.05) is 0 Å². The van der Waals surface area contributed by atoms with Crippen LogP contribution in [0, 0.1) is 0 Å². The molecule has 0 unspecified atom stereocenters. The number of likely N-dealkylation sites (tertiary alicyclic amines) is 1. The first kappa shape index (κ1) is 17.2. The van der Waals surface area contributed by atoms with Crippen molar-refractivity contribution < 1.29 is 9.53 Å². The number of carbonyl (C=O) groups is 1. The third-order valence-corrected chi connectivity index (χ3v) is 4.03. The van der Waals surface area contributed by atoms with Gasteiger partial charge >= 0.3 is 0 Å². The van der Waals surface area contributed by atoms with E-state index in [1.54, 1.807) is 12.1 Å². The second-order valence-electron chi connectivity index (χ2n) is 6.47. The number of piperidine rings is 1. The standard InChI is InChI=1S/C19H24N4O2/c1-14(2)25-16-8-6-15(7-9-16)20-18-11-10-17(21-22-18)19(24)23-12-4-3-5-13-23/h6-11,14H,3-5,12-13H2,1-2H3,(H,20,22). The van der Waals surface area contributed by atoms with Crippen LogP contribution < -0.4 is 10.1 Å². The number of hydrogen-bond acceptors (Lipinski definition) is 5. The highest BCUT2D eigenvalue weighted by atomic mass is 16.5. The molecular weight excluding hydrogens is 316 g/mol. The molecule has 0 spiro atoms. The number of nitrogens with zero attached hydrogens (tertiary/aromatic N) is 3. The van der Waals surface area contributed by atoms with Crippen LogP contribution in [-0.2, 0) is 0 Å². The highest BCUT2D eigenvalue weighted by Gasteiger charge is 2.19. The van der Waals surface area contributed by atoms with Gasteiger partial charge in [-0.2, -0.15) is 0 Å². The van der Waals surface area contributed by atoms with E-state index in [2.05, 4.69) is 15.5 Å². The molecule has 1 aromatic carbocycles. The van der Waals surface area contributed by atoms with Gasteiger partial charge in [0.1, 0.15) is 5.75 Å². The summed E-state index contributed by atoms with van der Waals surface area (Å²) in [4.78, 5) is 14.2. The van der Waals surface area contributed by atoms with E-state index in [4.69, 9.17) is 4.74 Å². The summed E-state index contributed by atoms with van der Waals surface area (Å²) >= 11 is 0. The Morgan fingerprint density at radius 3 is 2.36 bits per heavy atom. The maximum absolute atomic E-state index is 12.4. The van der Waals surface area contributed by atoms with Gasteiger partial charge in [-0.05, 0) is 69.5 Å². The van der Waals surface area contributed by atoms with Crippen LogP contribution in [0.3, 0.4) is 0 Å². The van der Waals surface area contributed by atoms with Crippen molar-refractivity contribution in [3.63, 3.8) is 0 Å². The Kier molecular flexibility index (Phi) is 5.48. The van der Waals surface area contributed by atoms with Crippen molar-refractivity contribution in [3.05, 3.63) is 42.1 Å². The lowest BCUT2D eigenvalue weighted by molar-refractivity contribution is 0.0717. The fourth-order valence-electron chi connectivity index (χ4n) is 2.81. The van der Waals surface area contributed by atoms with Gasteiger partial charge in [0.05, 0.1) is 6.10 Å². The van der Waals surface area contributed by atoms with Crippen LogP contribution in [0.1, 0.15) is 43.6 Å². The first-order valence-electron chi connectivity index (χ1n) is 8.78. The molecule has 0 aliphatic carbocycles. The topological polar surface area (TPSA) is 67.3 Å². The highest BCUT2D eigenvalue weighted by molar-refractivity contribution is 5.92. The number of rotatable bonds is 5. The fourth-order valence-corrected chi connectivity index (χ4v) is 2.81. The number of ether oxygens (including phenoxy) is 1. The third kappa shape index (κ3) is 4.68. The monoisotopic (exact) mass is 340 g/mol. The second-order valence-corrected chi connectivity index (χ2v) is 6.47. The predicted octanol–water partition coefficient (Wildman–Crippen LogP) is 3.63. The molecule has 0 radical (unpaired) electrons. The van der Waals surface area contributed by atoms with Crippen LogP contribution in [0.4, 0.5) is 11.5 Å². The van der Waals surface area contributed by atoms with Crippen molar-refractivity contribution in [2.75, 3.05) is 18.4 Å². The number of benzene rings is 1. The quantitative estimate of drug-likeness (QED) is 0.900. The maximum atomic E-state index is 12.4. The number of aromatic nitrogens is 2. The zero-order chi connectivity index (χ0) is 17.6. The maximum Gasteiger partial charge on any atom is 0.274 e. The summed E-state index contributed by atoms with van der Waals surface area (Å²) in [5, 5.41) is 11.4. The van der Waals surface area contributed by atoms with Crippen molar-refractivity contribution in [2.24, 2.45) is 0 Å². The zero-order valence-corrected chi connectivity index (χ0v) is 14.7. The van der Waals surface area contributed by atoms with Crippen LogP contribution in [0.2, 0.25) is 0 Å². The molecule has 2 aromatic rings. The van der Waals surface area contributed by atoms with Gasteiger partial charge in [0.2, 0.25) is 0 Å². The average molecular weight is 340 g/mol. The minimum atomic E-state index is -0.0334. The molecule has 132 valence electrons. The summed E-state index contributed by atoms with van der Waals surface area (Å²) < 4.78 is 5.62. The number of hydrogen-bond donors (Lipinski definition) is 1. The van der Waals surface area contributed by atoms with Crippen molar-refractivity contribution in [2.45, 2.75) is 39.2 Å². The molecule has 0 atom stereocenters. The molecule has 2 heterocycles. The SMILES string of the molecule is CC(C)Oc1ccc(Nc2ccc(C(=O)N3CCCCC3)nn2)cc1. The van der Waals surface area contributed by atoms with E-state index in [-0.39, 0.29) is 12.0 Å². The first-order valence-corrected chi connectivity index (χ1v) is 8.78. The van der Waals surface area contributed by atoms with Crippen molar-refractivity contribution in [1.82, 2.24) is 15.1 Å². The summed E-state index contributed by atoms with van der Waals surface area (Å²) in [6.45, 7) is 5.61. The molecular formula is C19H24N4O2. The van der Waals surface area contributed by atoms with Crippen LogP contribution in [0.5, 0.6) is 5.75 Å². The molecule has 6 heteroatoms. The number of anilines is 2. The van der Waals surface area contributed by atoms with Gasteiger partial charge < -0.3 is 15.0 Å². The Labute approximate surface area is 148 Å². The van der Waals surface area contributed by atoms with Crippen LogP contribution in [0.25, 0.3) is 0 Å². The molecule has 1 N–H and O–H groups in total. The van der Waals surface area contributed by atoms with Crippen LogP contribution >= 0.6 is 0 Å². The second kappa shape index (κ2) is 7.96. The Bertz CT molecular complexity index is 692. The largest absolute Gasteiger partial charge is 0.491 e. The highest BCUT2D eigenvalue weighted by Crippen LogP contribution is 2.20. The Hall–Kier alpha value is -2.63. The van der Waals surface area contributed by atoms with Gasteiger partial charge in [-0.25, -0.2) is 0 Å². The molecule has 0 saturated carbocycles. The third-order valence-electron chi connectivity index (χ3n) is 4.03. The average Bonchev–Trinajstić information content (AvgIpc) is 2.64. The lowest BCUT2D eigenvalue weighted by Gasteiger charge is -2.26. The fraction of sp³-hybridized carbons (Fsp3) is 0.421. The van der Waals surface area contributed by atoms with Crippen molar-refractivity contribution in [3.8, 4) is 5.75 Å². The van der Waals surface area contributed by atoms with E-state index >= 15 is 0 Å². The van der Waals surface area contributed by atoms with E-state index in [1.807, 2.05) is 43.0 Å². The Morgan fingerprint density at radius 2 is 1.76 bits per heavy atom. The number of nitrogens with one attached hydrogen (secondary N) is 1. The first-order chi connectivity index (χ1) is 12.1. The lowest BCUT2D eigenvalue weighted by atomic mass is 10.1. The zero-order valence-electron chi connectivity index (χ0n) is 14.7. The predicted molar refractivity (Wildman–Crippen MR) is 97.3 cm³/mol. The van der Waals surface area contributed by atoms with Crippen molar-refractivity contribution in [1.29, 1.82) is 0 Å². The molecule has 25 heavy (non-hydrogen) atoms. The van der Waals surface area contributed by atoms with E-state index in [9.17, 15) is 4.79 Å². The molecule has 3 rings (SSSR count). The van der Waals surface area contributed by atoms with Gasteiger partial charge in [0.15, 0.2) is 11.5 Å². The summed E-state index contributed by atoms with van der Waals surface area (Å²) in [5.41, 5.74) is 1.29.